The van der Waals surface area contributed by atoms with E-state index in [4.69, 9.17) is 0 Å². The van der Waals surface area contributed by atoms with Crippen LogP contribution in [0.2, 0.25) is 0 Å². The molecule has 1 aliphatic heterocycles. The number of sulfone groups is 1. The molecule has 0 aromatic heterocycles. The molecule has 0 radical (unpaired) electrons. The third-order valence-corrected chi connectivity index (χ3v) is 6.80. The summed E-state index contributed by atoms with van der Waals surface area (Å²) < 4.78 is 39.0. The minimum absolute atomic E-state index is 0.0130. The van der Waals surface area contributed by atoms with E-state index in [1.54, 1.807) is 47.4 Å². The van der Waals surface area contributed by atoms with Crippen molar-refractivity contribution in [3.63, 3.8) is 0 Å². The lowest BCUT2D eigenvalue weighted by Gasteiger charge is -2.26. The van der Waals surface area contributed by atoms with Gasteiger partial charge in [-0.3, -0.25) is 9.59 Å². The van der Waals surface area contributed by atoms with Gasteiger partial charge in [0, 0.05) is 37.8 Å². The van der Waals surface area contributed by atoms with Crippen LogP contribution in [0.4, 0.5) is 4.39 Å². The maximum absolute atomic E-state index is 13.8. The fraction of sp³-hybridized carbons (Fsp3) is 0.391. The van der Waals surface area contributed by atoms with Crippen molar-refractivity contribution in [1.82, 2.24) is 9.80 Å². The van der Waals surface area contributed by atoms with E-state index in [1.807, 2.05) is 0 Å². The first-order chi connectivity index (χ1) is 14.7. The number of carbonyl (C=O) groups is 2. The summed E-state index contributed by atoms with van der Waals surface area (Å²) in [5.74, 6) is -2.17. The molecule has 0 atom stereocenters. The fourth-order valence-corrected chi connectivity index (χ4v) is 5.03. The highest BCUT2D eigenvalue weighted by Crippen LogP contribution is 2.16. The number of halogens is 1. The molecule has 8 heteroatoms. The lowest BCUT2D eigenvalue weighted by molar-refractivity contribution is -0.127. The normalized spacial score (nSPS) is 14.3. The Morgan fingerprint density at radius 1 is 1.03 bits per heavy atom. The van der Waals surface area contributed by atoms with Crippen molar-refractivity contribution < 1.29 is 22.4 Å². The Hall–Kier alpha value is -2.74. The van der Waals surface area contributed by atoms with Crippen molar-refractivity contribution in [3.05, 3.63) is 71.0 Å². The van der Waals surface area contributed by atoms with Gasteiger partial charge in [0.25, 0.3) is 5.91 Å². The third kappa shape index (κ3) is 6.37. The molecule has 0 saturated carbocycles. The summed E-state index contributed by atoms with van der Waals surface area (Å²) in [5.41, 5.74) is 1.24. The van der Waals surface area contributed by atoms with Crippen LogP contribution in [0.5, 0.6) is 0 Å². The number of hydrogen-bond donors (Lipinski definition) is 0. The summed E-state index contributed by atoms with van der Waals surface area (Å²) in [4.78, 5) is 28.1. The van der Waals surface area contributed by atoms with Crippen LogP contribution in [-0.4, -0.2) is 55.9 Å². The third-order valence-electron chi connectivity index (χ3n) is 5.34. The van der Waals surface area contributed by atoms with Crippen molar-refractivity contribution in [1.29, 1.82) is 0 Å². The molecule has 3 rings (SSSR count). The Bertz CT molecular complexity index is 1050. The minimum Gasteiger partial charge on any atom is -0.340 e. The zero-order chi connectivity index (χ0) is 22.4. The standard InChI is InChI=1S/C23H27FN2O4S/c1-25(15-20-9-3-4-11-21(20)24)22(27)17-31(29,30)16-18-8-7-10-19(14-18)23(28)26-12-5-2-6-13-26/h3-4,7-11,14H,2,5-6,12-13,15-17H2,1H3. The largest absolute Gasteiger partial charge is 0.340 e. The molecule has 1 heterocycles. The summed E-state index contributed by atoms with van der Waals surface area (Å²) in [6.07, 6.45) is 3.06. The van der Waals surface area contributed by atoms with Crippen LogP contribution in [0.1, 0.15) is 40.7 Å². The van der Waals surface area contributed by atoms with Gasteiger partial charge in [0.15, 0.2) is 9.84 Å². The van der Waals surface area contributed by atoms with E-state index in [2.05, 4.69) is 0 Å². The highest BCUT2D eigenvalue weighted by molar-refractivity contribution is 7.91. The van der Waals surface area contributed by atoms with Crippen LogP contribution in [0, 0.1) is 5.82 Å². The van der Waals surface area contributed by atoms with Crippen LogP contribution in [0.3, 0.4) is 0 Å². The highest BCUT2D eigenvalue weighted by Gasteiger charge is 2.23. The predicted octanol–water partition coefficient (Wildman–Crippen LogP) is 3.03. The number of carbonyl (C=O) groups excluding carboxylic acids is 2. The molecule has 31 heavy (non-hydrogen) atoms. The van der Waals surface area contributed by atoms with Crippen LogP contribution in [-0.2, 0) is 26.9 Å². The quantitative estimate of drug-likeness (QED) is 0.655. The van der Waals surface area contributed by atoms with Gasteiger partial charge in [0.05, 0.1) is 5.75 Å². The smallest absolute Gasteiger partial charge is 0.253 e. The lowest BCUT2D eigenvalue weighted by atomic mass is 10.1. The summed E-state index contributed by atoms with van der Waals surface area (Å²) in [7, 11) is -2.31. The molecule has 0 spiro atoms. The number of nitrogens with zero attached hydrogens (tertiary/aromatic N) is 2. The predicted molar refractivity (Wildman–Crippen MR) is 117 cm³/mol. The number of likely N-dealkylation sites (tertiary alicyclic amines) is 1. The number of piperidine rings is 1. The number of hydrogen-bond acceptors (Lipinski definition) is 4. The monoisotopic (exact) mass is 446 g/mol. The Morgan fingerprint density at radius 3 is 2.45 bits per heavy atom. The average Bonchev–Trinajstić information content (AvgIpc) is 2.75. The van der Waals surface area contributed by atoms with Gasteiger partial charge >= 0.3 is 0 Å². The summed E-state index contributed by atoms with van der Waals surface area (Å²) >= 11 is 0. The van der Waals surface area contributed by atoms with Gasteiger partial charge in [-0.1, -0.05) is 30.3 Å². The molecule has 1 saturated heterocycles. The zero-order valence-corrected chi connectivity index (χ0v) is 18.4. The minimum atomic E-state index is -3.76. The Balaban J connectivity index is 1.63. The van der Waals surface area contributed by atoms with Crippen molar-refractivity contribution in [3.8, 4) is 0 Å². The van der Waals surface area contributed by atoms with Gasteiger partial charge in [0.1, 0.15) is 11.6 Å². The first-order valence-corrected chi connectivity index (χ1v) is 12.1. The van der Waals surface area contributed by atoms with Gasteiger partial charge < -0.3 is 9.80 Å². The molecule has 2 aromatic rings. The van der Waals surface area contributed by atoms with Crippen LogP contribution in [0.15, 0.2) is 48.5 Å². The van der Waals surface area contributed by atoms with E-state index >= 15 is 0 Å². The van der Waals surface area contributed by atoms with E-state index in [0.29, 0.717) is 29.8 Å². The fourth-order valence-electron chi connectivity index (χ4n) is 3.65. The molecule has 2 amide bonds. The molecular weight excluding hydrogens is 419 g/mol. The average molecular weight is 447 g/mol. The SMILES string of the molecule is CN(Cc1ccccc1F)C(=O)CS(=O)(=O)Cc1cccc(C(=O)N2CCCCC2)c1. The second-order valence-corrected chi connectivity index (χ2v) is 9.99. The molecule has 1 fully saturated rings. The summed E-state index contributed by atoms with van der Waals surface area (Å²) in [6.45, 7) is 1.41. The van der Waals surface area contributed by atoms with Crippen LogP contribution < -0.4 is 0 Å². The lowest BCUT2D eigenvalue weighted by Crippen LogP contribution is -2.35. The summed E-state index contributed by atoms with van der Waals surface area (Å²) in [5, 5.41) is 0. The first kappa shape index (κ1) is 22.9. The number of benzene rings is 2. The molecule has 0 aliphatic carbocycles. The molecule has 2 aromatic carbocycles. The van der Waals surface area contributed by atoms with E-state index in [0.717, 1.165) is 19.3 Å². The second-order valence-electron chi connectivity index (χ2n) is 7.93. The van der Waals surface area contributed by atoms with Crippen LogP contribution >= 0.6 is 0 Å². The van der Waals surface area contributed by atoms with Crippen molar-refractivity contribution >= 4 is 21.7 Å². The van der Waals surface area contributed by atoms with Gasteiger partial charge in [-0.25, -0.2) is 12.8 Å². The van der Waals surface area contributed by atoms with E-state index in [1.165, 1.54) is 18.0 Å². The number of rotatable bonds is 7. The zero-order valence-electron chi connectivity index (χ0n) is 17.6. The molecule has 0 bridgehead atoms. The van der Waals surface area contributed by atoms with Crippen molar-refractivity contribution in [2.45, 2.75) is 31.6 Å². The highest BCUT2D eigenvalue weighted by atomic mass is 32.2. The maximum atomic E-state index is 13.8. The molecule has 6 nitrogen and oxygen atoms in total. The molecule has 0 N–H and O–H groups in total. The molecule has 166 valence electrons. The van der Waals surface area contributed by atoms with Gasteiger partial charge in [-0.05, 0) is 43.0 Å². The van der Waals surface area contributed by atoms with E-state index in [9.17, 15) is 22.4 Å². The summed E-state index contributed by atoms with van der Waals surface area (Å²) in [6, 6.07) is 12.6. The van der Waals surface area contributed by atoms with E-state index in [-0.39, 0.29) is 18.2 Å². The molecular formula is C23H27FN2O4S. The Labute approximate surface area is 182 Å². The first-order valence-electron chi connectivity index (χ1n) is 10.3. The Morgan fingerprint density at radius 2 is 1.74 bits per heavy atom. The van der Waals surface area contributed by atoms with Gasteiger partial charge in [-0.15, -0.1) is 0 Å². The molecule has 0 unspecified atom stereocenters. The van der Waals surface area contributed by atoms with Gasteiger partial charge in [0.2, 0.25) is 5.91 Å². The second kappa shape index (κ2) is 10.0. The van der Waals surface area contributed by atoms with Crippen molar-refractivity contribution in [2.24, 2.45) is 0 Å². The topological polar surface area (TPSA) is 74.8 Å². The number of amides is 2. The van der Waals surface area contributed by atoms with Crippen LogP contribution in [0.25, 0.3) is 0 Å². The Kier molecular flexibility index (Phi) is 7.43. The molecule has 1 aliphatic rings. The van der Waals surface area contributed by atoms with Gasteiger partial charge in [-0.2, -0.15) is 0 Å². The maximum Gasteiger partial charge on any atom is 0.253 e. The van der Waals surface area contributed by atoms with Crippen molar-refractivity contribution in [2.75, 3.05) is 25.9 Å². The van der Waals surface area contributed by atoms with E-state index < -0.39 is 27.3 Å².